The third kappa shape index (κ3) is 6.56. The number of rotatable bonds is 11. The summed E-state index contributed by atoms with van der Waals surface area (Å²) in [6.45, 7) is 0.264. The van der Waals surface area contributed by atoms with Gasteiger partial charge >= 0.3 is 12.0 Å². The maximum atomic E-state index is 12.0. The molecule has 4 N–H and O–H groups in total. The number of carboxylic acid groups (broad SMARTS) is 1. The first kappa shape index (κ1) is 23.8. The lowest BCUT2D eigenvalue weighted by molar-refractivity contribution is 0.0694. The lowest BCUT2D eigenvalue weighted by Crippen LogP contribution is -2.30. The number of benzene rings is 2. The summed E-state index contributed by atoms with van der Waals surface area (Å²) in [5.74, 6) is -0.276. The molecule has 0 bridgehead atoms. The van der Waals surface area contributed by atoms with Crippen LogP contribution < -0.4 is 10.6 Å². The fourth-order valence-electron chi connectivity index (χ4n) is 3.25. The van der Waals surface area contributed by atoms with Crippen LogP contribution in [0.15, 0.2) is 65.7 Å². The van der Waals surface area contributed by atoms with Gasteiger partial charge < -0.3 is 15.5 Å². The highest BCUT2D eigenvalue weighted by Gasteiger charge is 2.23. The Hall–Kier alpha value is -2.88. The van der Waals surface area contributed by atoms with Crippen LogP contribution in [0.25, 0.3) is 0 Å². The van der Waals surface area contributed by atoms with Gasteiger partial charge in [0.1, 0.15) is 15.6 Å². The number of hydrogen-bond acceptors (Lipinski definition) is 6. The van der Waals surface area contributed by atoms with Crippen LogP contribution in [0.1, 0.15) is 40.2 Å². The monoisotopic (exact) mass is 471 g/mol. The molecule has 2 amide bonds. The molecule has 0 saturated heterocycles. The second-order valence-corrected chi connectivity index (χ2v) is 8.82. The summed E-state index contributed by atoms with van der Waals surface area (Å²) in [5.41, 5.74) is 2.42. The van der Waals surface area contributed by atoms with Crippen LogP contribution in [0.5, 0.6) is 0 Å². The molecule has 9 heteroatoms. The number of anilines is 1. The van der Waals surface area contributed by atoms with Crippen LogP contribution in [0.2, 0.25) is 0 Å². The van der Waals surface area contributed by atoms with Gasteiger partial charge in [0.05, 0.1) is 0 Å². The first-order valence-electron chi connectivity index (χ1n) is 10.2. The van der Waals surface area contributed by atoms with E-state index >= 15 is 0 Å². The number of urea groups is 1. The van der Waals surface area contributed by atoms with Gasteiger partial charge in [-0.15, -0.1) is 11.8 Å². The van der Waals surface area contributed by atoms with Crippen molar-refractivity contribution >= 4 is 40.3 Å². The molecular formula is C23H25N3O4S2. The van der Waals surface area contributed by atoms with E-state index in [0.29, 0.717) is 23.7 Å². The molecule has 32 heavy (non-hydrogen) atoms. The van der Waals surface area contributed by atoms with Gasteiger partial charge in [0.25, 0.3) is 0 Å². The number of hydrogen-bond donors (Lipinski definition) is 4. The SMILES string of the molecule is O=C(NCCCO)Nc1snc(SCCC(c2ccccc2)c2ccccc2)c1C(=O)O. The topological polar surface area (TPSA) is 112 Å². The predicted molar refractivity (Wildman–Crippen MR) is 128 cm³/mol. The summed E-state index contributed by atoms with van der Waals surface area (Å²) in [6.07, 6.45) is 1.23. The van der Waals surface area contributed by atoms with E-state index < -0.39 is 12.0 Å². The van der Waals surface area contributed by atoms with Crippen LogP contribution in [0, 0.1) is 0 Å². The smallest absolute Gasteiger partial charge is 0.341 e. The van der Waals surface area contributed by atoms with Crippen molar-refractivity contribution in [3.8, 4) is 0 Å². The molecule has 0 saturated carbocycles. The third-order valence-corrected chi connectivity index (χ3v) is 6.66. The Kier molecular flexibility index (Phi) is 9.09. The summed E-state index contributed by atoms with van der Waals surface area (Å²) in [7, 11) is 0. The van der Waals surface area contributed by atoms with Crippen LogP contribution >= 0.6 is 23.3 Å². The average Bonchev–Trinajstić information content (AvgIpc) is 3.20. The zero-order chi connectivity index (χ0) is 22.8. The largest absolute Gasteiger partial charge is 0.477 e. The van der Waals surface area contributed by atoms with Crippen molar-refractivity contribution in [2.45, 2.75) is 23.8 Å². The highest BCUT2D eigenvalue weighted by atomic mass is 32.2. The molecule has 7 nitrogen and oxygen atoms in total. The minimum absolute atomic E-state index is 0.00767. The number of aliphatic hydroxyl groups is 1. The van der Waals surface area contributed by atoms with Gasteiger partial charge in [-0.3, -0.25) is 5.32 Å². The molecule has 0 fully saturated rings. The molecule has 0 radical (unpaired) electrons. The number of nitrogens with zero attached hydrogens (tertiary/aromatic N) is 1. The Balaban J connectivity index is 1.68. The molecule has 3 rings (SSSR count). The third-order valence-electron chi connectivity index (χ3n) is 4.77. The average molecular weight is 472 g/mol. The first-order chi connectivity index (χ1) is 15.6. The van der Waals surface area contributed by atoms with Crippen molar-refractivity contribution in [2.24, 2.45) is 0 Å². The number of nitrogens with one attached hydrogen (secondary N) is 2. The van der Waals surface area contributed by atoms with Crippen molar-refractivity contribution < 1.29 is 19.8 Å². The zero-order valence-electron chi connectivity index (χ0n) is 17.4. The van der Waals surface area contributed by atoms with E-state index in [1.807, 2.05) is 36.4 Å². The number of aromatic nitrogens is 1. The van der Waals surface area contributed by atoms with Crippen molar-refractivity contribution in [3.63, 3.8) is 0 Å². The van der Waals surface area contributed by atoms with Crippen molar-refractivity contribution in [3.05, 3.63) is 77.4 Å². The van der Waals surface area contributed by atoms with Crippen LogP contribution in [-0.4, -0.2) is 45.5 Å². The predicted octanol–water partition coefficient (Wildman–Crippen LogP) is 4.66. The van der Waals surface area contributed by atoms with E-state index in [9.17, 15) is 14.7 Å². The minimum atomic E-state index is -1.13. The Morgan fingerprint density at radius 3 is 2.22 bits per heavy atom. The van der Waals surface area contributed by atoms with Crippen LogP contribution in [-0.2, 0) is 0 Å². The van der Waals surface area contributed by atoms with Crippen molar-refractivity contribution in [1.29, 1.82) is 0 Å². The number of carboxylic acids is 1. The van der Waals surface area contributed by atoms with Crippen molar-refractivity contribution in [1.82, 2.24) is 9.69 Å². The molecule has 0 aliphatic heterocycles. The van der Waals surface area contributed by atoms with E-state index in [0.717, 1.165) is 18.0 Å². The number of aliphatic hydroxyl groups excluding tert-OH is 1. The number of carbonyl (C=O) groups excluding carboxylic acids is 1. The minimum Gasteiger partial charge on any atom is -0.477 e. The van der Waals surface area contributed by atoms with E-state index in [1.54, 1.807) is 0 Å². The second kappa shape index (κ2) is 12.2. The molecule has 0 aliphatic rings. The molecule has 2 aromatic carbocycles. The van der Waals surface area contributed by atoms with E-state index in [2.05, 4.69) is 39.3 Å². The molecule has 0 atom stereocenters. The lowest BCUT2D eigenvalue weighted by Gasteiger charge is -2.17. The normalized spacial score (nSPS) is 10.8. The quantitative estimate of drug-likeness (QED) is 0.239. The lowest BCUT2D eigenvalue weighted by atomic mass is 9.89. The Labute approximate surface area is 195 Å². The summed E-state index contributed by atoms with van der Waals surface area (Å²) in [6, 6.07) is 19.9. The number of aromatic carboxylic acids is 1. The Morgan fingerprint density at radius 2 is 1.66 bits per heavy atom. The number of thioether (sulfide) groups is 1. The standard InChI is InChI=1S/C23H25N3O4S2/c27-14-7-13-24-23(30)25-20-19(22(28)29)21(26-32-20)31-15-12-18(16-8-3-1-4-9-16)17-10-5-2-6-11-17/h1-6,8-11,18,27H,7,12-15H2,(H,28,29)(H2,24,25,30). The van der Waals surface area contributed by atoms with E-state index in [4.69, 9.17) is 5.11 Å². The van der Waals surface area contributed by atoms with Crippen molar-refractivity contribution in [2.75, 3.05) is 24.2 Å². The fourth-order valence-corrected chi connectivity index (χ4v) is 5.19. The zero-order valence-corrected chi connectivity index (χ0v) is 19.0. The highest BCUT2D eigenvalue weighted by Crippen LogP contribution is 2.35. The second-order valence-electron chi connectivity index (χ2n) is 6.97. The Morgan fingerprint density at radius 1 is 1.03 bits per heavy atom. The summed E-state index contributed by atoms with van der Waals surface area (Å²) >= 11 is 2.33. The van der Waals surface area contributed by atoms with Gasteiger partial charge in [-0.1, -0.05) is 60.7 Å². The summed E-state index contributed by atoms with van der Waals surface area (Å²) in [4.78, 5) is 23.8. The summed E-state index contributed by atoms with van der Waals surface area (Å²) < 4.78 is 4.27. The van der Waals surface area contributed by atoms with Gasteiger partial charge in [-0.05, 0) is 35.5 Å². The molecule has 1 heterocycles. The van der Waals surface area contributed by atoms with E-state index in [-0.39, 0.29) is 23.1 Å². The van der Waals surface area contributed by atoms with Gasteiger partial charge in [-0.25, -0.2) is 9.59 Å². The molecule has 0 unspecified atom stereocenters. The van der Waals surface area contributed by atoms with Gasteiger partial charge in [0, 0.05) is 24.8 Å². The fraction of sp³-hybridized carbons (Fsp3) is 0.261. The maximum absolute atomic E-state index is 12.0. The number of amides is 2. The molecule has 168 valence electrons. The number of carbonyl (C=O) groups is 2. The van der Waals surface area contributed by atoms with Gasteiger partial charge in [0.2, 0.25) is 0 Å². The van der Waals surface area contributed by atoms with Gasteiger partial charge in [-0.2, -0.15) is 4.37 Å². The highest BCUT2D eigenvalue weighted by molar-refractivity contribution is 7.99. The molecule has 3 aromatic rings. The molecular weight excluding hydrogens is 446 g/mol. The first-order valence-corrected chi connectivity index (χ1v) is 12.0. The molecule has 0 aliphatic carbocycles. The van der Waals surface area contributed by atoms with Crippen LogP contribution in [0.4, 0.5) is 9.80 Å². The molecule has 0 spiro atoms. The molecule has 1 aromatic heterocycles. The van der Waals surface area contributed by atoms with Crippen LogP contribution in [0.3, 0.4) is 0 Å². The van der Waals surface area contributed by atoms with Gasteiger partial charge in [0.15, 0.2) is 0 Å². The maximum Gasteiger partial charge on any atom is 0.341 e. The van der Waals surface area contributed by atoms with E-state index in [1.165, 1.54) is 22.9 Å². The Bertz CT molecular complexity index is 973. The summed E-state index contributed by atoms with van der Waals surface area (Å²) in [5, 5.41) is 24.2.